The van der Waals surface area contributed by atoms with Crippen molar-refractivity contribution in [3.63, 3.8) is 0 Å². The molecule has 0 N–H and O–H groups in total. The van der Waals surface area contributed by atoms with E-state index in [9.17, 15) is 0 Å². The van der Waals surface area contributed by atoms with Gasteiger partial charge in [0.05, 0.1) is 0 Å². The molecule has 3 heteroatoms. The van der Waals surface area contributed by atoms with E-state index in [1.807, 2.05) is 0 Å². The summed E-state index contributed by atoms with van der Waals surface area (Å²) in [7, 11) is 2.30. The predicted octanol–water partition coefficient (Wildman–Crippen LogP) is 4.30. The molecule has 0 radical (unpaired) electrons. The molecule has 1 aliphatic rings. The van der Waals surface area contributed by atoms with Crippen LogP contribution in [0.25, 0.3) is 0 Å². The highest BCUT2D eigenvalue weighted by molar-refractivity contribution is 7.89. The van der Waals surface area contributed by atoms with Crippen LogP contribution in [0.4, 0.5) is 0 Å². The van der Waals surface area contributed by atoms with Gasteiger partial charge in [0.2, 0.25) is 0 Å². The van der Waals surface area contributed by atoms with Gasteiger partial charge in [0.15, 0.2) is 0 Å². The Morgan fingerprint density at radius 2 is 2.00 bits per heavy atom. The van der Waals surface area contributed by atoms with Gasteiger partial charge in [-0.15, -0.1) is 0 Å². The van der Waals surface area contributed by atoms with Crippen molar-refractivity contribution in [2.24, 2.45) is 0 Å². The zero-order chi connectivity index (χ0) is 9.15. The summed E-state index contributed by atoms with van der Waals surface area (Å²) in [6, 6.07) is 0. The summed E-state index contributed by atoms with van der Waals surface area (Å²) >= 11 is 0. The molecule has 1 atom stereocenters. The number of hydrogen-bond donors (Lipinski definition) is 0. The maximum atomic E-state index is 4.37. The Labute approximate surface area is 83.5 Å². The van der Waals surface area contributed by atoms with Crippen molar-refractivity contribution in [2.75, 3.05) is 0 Å². The second kappa shape index (κ2) is 4.11. The molecule has 1 aromatic rings. The lowest BCUT2D eigenvalue weighted by molar-refractivity contribution is 0.417. The smallest absolute Gasteiger partial charge is 0.0397 e. The van der Waals surface area contributed by atoms with Crippen molar-refractivity contribution in [2.45, 2.75) is 50.9 Å². The Morgan fingerprint density at radius 3 is 2.54 bits per heavy atom. The minimum Gasteiger partial charge on any atom is -0.244 e. The van der Waals surface area contributed by atoms with Gasteiger partial charge in [-0.3, -0.25) is 0 Å². The Balaban J connectivity index is 2.17. The van der Waals surface area contributed by atoms with Crippen LogP contribution >= 0.6 is 15.9 Å². The molecule has 0 spiro atoms. The summed E-state index contributed by atoms with van der Waals surface area (Å²) < 4.78 is 4.37. The first-order valence-corrected chi connectivity index (χ1v) is 7.86. The van der Waals surface area contributed by atoms with E-state index in [2.05, 4.69) is 17.9 Å². The van der Waals surface area contributed by atoms with Gasteiger partial charge < -0.3 is 0 Å². The lowest BCUT2D eigenvalue weighted by atomic mass is 9.81. The zero-order valence-corrected chi connectivity index (χ0v) is 10.1. The topological polar surface area (TPSA) is 12.9 Å². The Morgan fingerprint density at radius 1 is 1.31 bits per heavy atom. The van der Waals surface area contributed by atoms with Gasteiger partial charge in [0, 0.05) is 11.5 Å². The third-order valence-electron chi connectivity index (χ3n) is 3.24. The van der Waals surface area contributed by atoms with Crippen molar-refractivity contribution in [3.05, 3.63) is 11.5 Å². The highest BCUT2D eigenvalue weighted by atomic mass is 31.8. The summed E-state index contributed by atoms with van der Waals surface area (Å²) in [6.07, 6.45) is 10.7. The van der Waals surface area contributed by atoms with Crippen LogP contribution in [0.5, 0.6) is 0 Å². The maximum absolute atomic E-state index is 4.37. The van der Waals surface area contributed by atoms with Crippen LogP contribution < -0.4 is 0 Å². The third kappa shape index (κ3) is 2.14. The molecule has 0 aromatic carbocycles. The Bertz CT molecular complexity index is 248. The average Bonchev–Trinajstić information content (AvgIpc) is 2.57. The first-order valence-electron chi connectivity index (χ1n) is 5.17. The maximum Gasteiger partial charge on any atom is 0.0397 e. The first-order chi connectivity index (χ1) is 6.31. The summed E-state index contributed by atoms with van der Waals surface area (Å²) in [4.78, 5) is 0. The van der Waals surface area contributed by atoms with Gasteiger partial charge in [0.1, 0.15) is 0 Å². The molecular weight excluding hydrogens is 196 g/mol. The molecule has 1 nitrogen and oxygen atoms in total. The SMILES string of the molecule is CC1(c2cn[pH]p2)CCCCCC1. The summed E-state index contributed by atoms with van der Waals surface area (Å²) in [5.74, 6) is 0. The van der Waals surface area contributed by atoms with Crippen molar-refractivity contribution in [3.8, 4) is 0 Å². The van der Waals surface area contributed by atoms with Gasteiger partial charge in [-0.1, -0.05) is 32.6 Å². The Kier molecular flexibility index (Phi) is 3.06. The van der Waals surface area contributed by atoms with Gasteiger partial charge in [-0.05, 0) is 34.2 Å². The van der Waals surface area contributed by atoms with Crippen molar-refractivity contribution < 1.29 is 0 Å². The summed E-state index contributed by atoms with van der Waals surface area (Å²) in [5, 5.41) is 1.62. The third-order valence-corrected chi connectivity index (χ3v) is 5.85. The molecule has 1 aromatic heterocycles. The fourth-order valence-corrected chi connectivity index (χ4v) is 4.98. The zero-order valence-electron chi connectivity index (χ0n) is 8.21. The highest BCUT2D eigenvalue weighted by Crippen LogP contribution is 2.43. The van der Waals surface area contributed by atoms with Gasteiger partial charge in [0.25, 0.3) is 0 Å². The van der Waals surface area contributed by atoms with E-state index in [-0.39, 0.29) is 0 Å². The molecule has 1 heterocycles. The van der Waals surface area contributed by atoms with E-state index in [0.717, 1.165) is 8.03 Å². The fourth-order valence-electron chi connectivity index (χ4n) is 2.26. The van der Waals surface area contributed by atoms with Crippen LogP contribution in [0.1, 0.15) is 50.7 Å². The van der Waals surface area contributed by atoms with E-state index in [1.54, 1.807) is 5.30 Å². The molecule has 0 aliphatic heterocycles. The van der Waals surface area contributed by atoms with E-state index in [4.69, 9.17) is 0 Å². The molecule has 1 fully saturated rings. The van der Waals surface area contributed by atoms with E-state index in [0.29, 0.717) is 5.41 Å². The average molecular weight is 213 g/mol. The molecular formula is C10H17NP2. The number of aromatic nitrogens is 1. The monoisotopic (exact) mass is 213 g/mol. The summed E-state index contributed by atoms with van der Waals surface area (Å²) in [6.45, 7) is 2.45. The molecule has 2 rings (SSSR count). The molecule has 13 heavy (non-hydrogen) atoms. The largest absolute Gasteiger partial charge is 0.244 e. The molecule has 1 saturated carbocycles. The van der Waals surface area contributed by atoms with Crippen LogP contribution in [-0.4, -0.2) is 4.75 Å². The molecule has 0 amide bonds. The van der Waals surface area contributed by atoms with Crippen molar-refractivity contribution in [1.29, 1.82) is 0 Å². The fraction of sp³-hybridized carbons (Fsp3) is 0.800. The normalized spacial score (nSPS) is 23.8. The number of nitrogens with zero attached hydrogens (tertiary/aromatic N) is 1. The van der Waals surface area contributed by atoms with Crippen LogP contribution in [0.15, 0.2) is 6.20 Å². The van der Waals surface area contributed by atoms with Crippen LogP contribution in [0, 0.1) is 0 Å². The van der Waals surface area contributed by atoms with Gasteiger partial charge >= 0.3 is 0 Å². The second-order valence-electron chi connectivity index (χ2n) is 4.33. The number of rotatable bonds is 1. The van der Waals surface area contributed by atoms with Gasteiger partial charge in [-0.2, -0.15) is 0 Å². The van der Waals surface area contributed by atoms with Crippen LogP contribution in [0.2, 0.25) is 0 Å². The molecule has 1 aliphatic carbocycles. The summed E-state index contributed by atoms with van der Waals surface area (Å²) in [5.41, 5.74) is 0.505. The van der Waals surface area contributed by atoms with E-state index >= 15 is 0 Å². The number of hydrogen-bond acceptors (Lipinski definition) is 1. The van der Waals surface area contributed by atoms with Gasteiger partial charge in [-0.25, -0.2) is 4.75 Å². The van der Waals surface area contributed by atoms with Crippen LogP contribution in [-0.2, 0) is 5.41 Å². The van der Waals surface area contributed by atoms with Crippen molar-refractivity contribution in [1.82, 2.24) is 4.75 Å². The Hall–Kier alpha value is 0.140. The molecule has 72 valence electrons. The predicted molar refractivity (Wildman–Crippen MR) is 61.3 cm³/mol. The standard InChI is InChI=1S/C10H17NP2/c1-10(9-8-11-13-12-9)6-4-2-3-5-7-10/h8,13H,2-7H2,1H3. The minimum absolute atomic E-state index is 0.505. The molecule has 0 saturated heterocycles. The minimum atomic E-state index is 0.505. The molecule has 0 bridgehead atoms. The van der Waals surface area contributed by atoms with E-state index < -0.39 is 0 Å². The van der Waals surface area contributed by atoms with Crippen LogP contribution in [0.3, 0.4) is 0 Å². The highest BCUT2D eigenvalue weighted by Gasteiger charge is 2.28. The quantitative estimate of drug-likeness (QED) is 0.633. The van der Waals surface area contributed by atoms with Crippen molar-refractivity contribution >= 4 is 15.9 Å². The van der Waals surface area contributed by atoms with E-state index in [1.165, 1.54) is 46.4 Å². The lowest BCUT2D eigenvalue weighted by Crippen LogP contribution is -2.18. The second-order valence-corrected chi connectivity index (χ2v) is 6.76. The lowest BCUT2D eigenvalue weighted by Gasteiger charge is -2.26. The molecule has 1 unspecified atom stereocenters. The first kappa shape index (κ1) is 9.69.